The van der Waals surface area contributed by atoms with Gasteiger partial charge in [0.1, 0.15) is 5.69 Å². The van der Waals surface area contributed by atoms with E-state index in [2.05, 4.69) is 46.6 Å². The lowest BCUT2D eigenvalue weighted by Crippen LogP contribution is -2.17. The van der Waals surface area contributed by atoms with Gasteiger partial charge in [0, 0.05) is 17.9 Å². The van der Waals surface area contributed by atoms with E-state index in [0.29, 0.717) is 24.1 Å². The smallest absolute Gasteiger partial charge is 0.274 e. The van der Waals surface area contributed by atoms with Crippen LogP contribution in [-0.4, -0.2) is 22.4 Å². The molecule has 0 saturated heterocycles. The van der Waals surface area contributed by atoms with Gasteiger partial charge in [-0.2, -0.15) is 0 Å². The molecule has 2 N–H and O–H groups in total. The van der Waals surface area contributed by atoms with Gasteiger partial charge in [0.15, 0.2) is 0 Å². The van der Waals surface area contributed by atoms with Gasteiger partial charge in [-0.15, -0.1) is 0 Å². The molecular formula is C23H26N4O. The molecule has 0 unspecified atom stereocenters. The fraction of sp³-hybridized carbons (Fsp3) is 0.261. The summed E-state index contributed by atoms with van der Waals surface area (Å²) in [5.41, 5.74) is 4.33. The fourth-order valence-corrected chi connectivity index (χ4v) is 2.87. The summed E-state index contributed by atoms with van der Waals surface area (Å²) in [4.78, 5) is 21.4. The van der Waals surface area contributed by atoms with Gasteiger partial charge in [-0.3, -0.25) is 4.79 Å². The van der Waals surface area contributed by atoms with Crippen LogP contribution in [0.15, 0.2) is 60.7 Å². The summed E-state index contributed by atoms with van der Waals surface area (Å²) in [6, 6.07) is 19.8. The highest BCUT2D eigenvalue weighted by molar-refractivity contribution is 6.03. The summed E-state index contributed by atoms with van der Waals surface area (Å²) in [6.45, 7) is 6.84. The standard InChI is InChI=1S/C23H26N4O/c1-16(2)19-9-11-20(12-10-19)26-22(28)21-15-17(3)25-23(27-21)24-14-13-18-7-5-4-6-8-18/h4-12,15-16H,13-14H2,1-3H3,(H,26,28)(H,24,25,27). The Labute approximate surface area is 166 Å². The lowest BCUT2D eigenvalue weighted by molar-refractivity contribution is 0.102. The molecule has 1 aromatic heterocycles. The number of hydrogen-bond acceptors (Lipinski definition) is 4. The van der Waals surface area contributed by atoms with E-state index in [-0.39, 0.29) is 5.91 Å². The SMILES string of the molecule is Cc1cc(C(=O)Nc2ccc(C(C)C)cc2)nc(NCCc2ccccc2)n1. The molecule has 0 radical (unpaired) electrons. The van der Waals surface area contributed by atoms with Crippen LogP contribution in [0.5, 0.6) is 0 Å². The van der Waals surface area contributed by atoms with Gasteiger partial charge in [-0.25, -0.2) is 9.97 Å². The van der Waals surface area contributed by atoms with Crippen molar-refractivity contribution in [3.05, 3.63) is 83.2 Å². The Morgan fingerprint density at radius 3 is 2.39 bits per heavy atom. The van der Waals surface area contributed by atoms with E-state index in [1.165, 1.54) is 11.1 Å². The first kappa shape index (κ1) is 19.5. The van der Waals surface area contributed by atoms with Gasteiger partial charge in [-0.05, 0) is 48.6 Å². The monoisotopic (exact) mass is 374 g/mol. The molecule has 1 heterocycles. The molecule has 0 bridgehead atoms. The lowest BCUT2D eigenvalue weighted by Gasteiger charge is -2.10. The largest absolute Gasteiger partial charge is 0.354 e. The number of aromatic nitrogens is 2. The Bertz CT molecular complexity index is 921. The van der Waals surface area contributed by atoms with Crippen LogP contribution in [0.25, 0.3) is 0 Å². The Morgan fingerprint density at radius 2 is 1.71 bits per heavy atom. The number of anilines is 2. The van der Waals surface area contributed by atoms with Gasteiger partial charge < -0.3 is 10.6 Å². The van der Waals surface area contributed by atoms with Crippen molar-refractivity contribution in [2.24, 2.45) is 0 Å². The summed E-state index contributed by atoms with van der Waals surface area (Å²) < 4.78 is 0. The molecule has 2 aromatic carbocycles. The average molecular weight is 374 g/mol. The number of benzene rings is 2. The normalized spacial score (nSPS) is 10.7. The first-order valence-electron chi connectivity index (χ1n) is 9.56. The quantitative estimate of drug-likeness (QED) is 0.622. The van der Waals surface area contributed by atoms with Crippen LogP contribution in [0.4, 0.5) is 11.6 Å². The zero-order valence-electron chi connectivity index (χ0n) is 16.6. The third-order valence-corrected chi connectivity index (χ3v) is 4.46. The van der Waals surface area contributed by atoms with Gasteiger partial charge in [-0.1, -0.05) is 56.3 Å². The van der Waals surface area contributed by atoms with Gasteiger partial charge >= 0.3 is 0 Å². The molecule has 1 amide bonds. The number of nitrogens with one attached hydrogen (secondary N) is 2. The van der Waals surface area contributed by atoms with E-state index < -0.39 is 0 Å². The van der Waals surface area contributed by atoms with E-state index in [1.54, 1.807) is 6.07 Å². The van der Waals surface area contributed by atoms with Crippen molar-refractivity contribution in [3.8, 4) is 0 Å². The predicted molar refractivity (Wildman–Crippen MR) is 114 cm³/mol. The van der Waals surface area contributed by atoms with Crippen molar-refractivity contribution in [3.63, 3.8) is 0 Å². The Kier molecular flexibility index (Phi) is 6.37. The molecule has 3 aromatic rings. The van der Waals surface area contributed by atoms with Crippen LogP contribution in [0, 0.1) is 6.92 Å². The predicted octanol–water partition coefficient (Wildman–Crippen LogP) is 4.82. The first-order valence-corrected chi connectivity index (χ1v) is 9.56. The molecule has 0 spiro atoms. The summed E-state index contributed by atoms with van der Waals surface area (Å²) in [6.07, 6.45) is 0.863. The lowest BCUT2D eigenvalue weighted by atomic mass is 10.0. The fourth-order valence-electron chi connectivity index (χ4n) is 2.87. The maximum absolute atomic E-state index is 12.6. The highest BCUT2D eigenvalue weighted by Crippen LogP contribution is 2.18. The van der Waals surface area contributed by atoms with Crippen LogP contribution >= 0.6 is 0 Å². The molecule has 0 atom stereocenters. The first-order chi connectivity index (χ1) is 13.5. The van der Waals surface area contributed by atoms with Crippen LogP contribution in [0.1, 0.15) is 47.1 Å². The number of nitrogens with zero attached hydrogens (tertiary/aromatic N) is 2. The molecule has 5 nitrogen and oxygen atoms in total. The molecule has 0 aliphatic carbocycles. The van der Waals surface area contributed by atoms with Crippen molar-refractivity contribution in [2.45, 2.75) is 33.1 Å². The number of hydrogen-bond donors (Lipinski definition) is 2. The molecule has 3 rings (SSSR count). The van der Waals surface area contributed by atoms with E-state index in [4.69, 9.17) is 0 Å². The van der Waals surface area contributed by atoms with E-state index in [0.717, 1.165) is 17.8 Å². The van der Waals surface area contributed by atoms with Crippen LogP contribution in [0.2, 0.25) is 0 Å². The summed E-state index contributed by atoms with van der Waals surface area (Å²) >= 11 is 0. The van der Waals surface area contributed by atoms with E-state index in [9.17, 15) is 4.79 Å². The number of carbonyl (C=O) groups excluding carboxylic acids is 1. The zero-order valence-corrected chi connectivity index (χ0v) is 16.6. The van der Waals surface area contributed by atoms with Crippen molar-refractivity contribution in [1.29, 1.82) is 0 Å². The zero-order chi connectivity index (χ0) is 19.9. The van der Waals surface area contributed by atoms with E-state index in [1.807, 2.05) is 49.4 Å². The Morgan fingerprint density at radius 1 is 1.00 bits per heavy atom. The minimum Gasteiger partial charge on any atom is -0.354 e. The second kappa shape index (κ2) is 9.13. The van der Waals surface area contributed by atoms with Crippen molar-refractivity contribution >= 4 is 17.5 Å². The summed E-state index contributed by atoms with van der Waals surface area (Å²) in [5, 5.41) is 6.11. The van der Waals surface area contributed by atoms with Crippen LogP contribution < -0.4 is 10.6 Å². The van der Waals surface area contributed by atoms with Crippen LogP contribution in [-0.2, 0) is 6.42 Å². The number of rotatable bonds is 7. The second-order valence-corrected chi connectivity index (χ2v) is 7.11. The van der Waals surface area contributed by atoms with Gasteiger partial charge in [0.25, 0.3) is 5.91 Å². The highest BCUT2D eigenvalue weighted by atomic mass is 16.1. The third-order valence-electron chi connectivity index (χ3n) is 4.46. The van der Waals surface area contributed by atoms with Crippen molar-refractivity contribution < 1.29 is 4.79 Å². The maximum Gasteiger partial charge on any atom is 0.274 e. The van der Waals surface area contributed by atoms with Gasteiger partial charge in [0.05, 0.1) is 0 Å². The Hall–Kier alpha value is -3.21. The van der Waals surface area contributed by atoms with E-state index >= 15 is 0 Å². The molecule has 0 aliphatic rings. The summed E-state index contributed by atoms with van der Waals surface area (Å²) in [5.74, 6) is 0.684. The maximum atomic E-state index is 12.6. The Balaban J connectivity index is 1.63. The summed E-state index contributed by atoms with van der Waals surface area (Å²) in [7, 11) is 0. The second-order valence-electron chi connectivity index (χ2n) is 7.11. The molecule has 0 aliphatic heterocycles. The minimum atomic E-state index is -0.242. The van der Waals surface area contributed by atoms with Crippen molar-refractivity contribution in [1.82, 2.24) is 9.97 Å². The number of aryl methyl sites for hydroxylation is 1. The van der Waals surface area contributed by atoms with Crippen LogP contribution in [0.3, 0.4) is 0 Å². The third kappa shape index (κ3) is 5.39. The molecule has 144 valence electrons. The van der Waals surface area contributed by atoms with Gasteiger partial charge in [0.2, 0.25) is 5.95 Å². The molecule has 0 saturated carbocycles. The van der Waals surface area contributed by atoms with Crippen molar-refractivity contribution in [2.75, 3.05) is 17.2 Å². The highest BCUT2D eigenvalue weighted by Gasteiger charge is 2.11. The average Bonchev–Trinajstić information content (AvgIpc) is 2.69. The molecular weight excluding hydrogens is 348 g/mol. The number of carbonyl (C=O) groups is 1. The molecule has 5 heteroatoms. The number of amides is 1. The molecule has 28 heavy (non-hydrogen) atoms. The topological polar surface area (TPSA) is 66.9 Å². The minimum absolute atomic E-state index is 0.242. The molecule has 0 fully saturated rings.